The summed E-state index contributed by atoms with van der Waals surface area (Å²) in [5.41, 5.74) is 3.63. The van der Waals surface area contributed by atoms with Gasteiger partial charge >= 0.3 is 0 Å². The lowest BCUT2D eigenvalue weighted by Crippen LogP contribution is -2.33. The van der Waals surface area contributed by atoms with Crippen LogP contribution in [-0.2, 0) is 13.1 Å². The van der Waals surface area contributed by atoms with E-state index in [1.807, 2.05) is 30.0 Å². The van der Waals surface area contributed by atoms with Gasteiger partial charge in [-0.1, -0.05) is 55.8 Å². The van der Waals surface area contributed by atoms with Gasteiger partial charge in [0.1, 0.15) is 5.82 Å². The molecule has 2 aromatic carbocycles. The summed E-state index contributed by atoms with van der Waals surface area (Å²) in [5, 5.41) is 0.251. The lowest BCUT2D eigenvalue weighted by Gasteiger charge is -2.25. The summed E-state index contributed by atoms with van der Waals surface area (Å²) in [6, 6.07) is 13.7. The number of ether oxygens (including phenoxy) is 2. The Balaban J connectivity index is 1.97. The quantitative estimate of drug-likeness (QED) is 0.360. The van der Waals surface area contributed by atoms with Crippen molar-refractivity contribution in [3.63, 3.8) is 0 Å². The minimum absolute atomic E-state index is 0.156. The average molecular weight is 484 g/mol. The maximum absolute atomic E-state index is 13.7. The predicted molar refractivity (Wildman–Crippen MR) is 136 cm³/mol. The van der Waals surface area contributed by atoms with E-state index in [1.165, 1.54) is 12.7 Å². The van der Waals surface area contributed by atoms with E-state index in [0.29, 0.717) is 42.6 Å². The van der Waals surface area contributed by atoms with E-state index in [0.717, 1.165) is 23.6 Å². The Morgan fingerprint density at radius 2 is 1.79 bits per heavy atom. The van der Waals surface area contributed by atoms with Crippen LogP contribution in [0.3, 0.4) is 0 Å². The van der Waals surface area contributed by atoms with Gasteiger partial charge in [-0.05, 0) is 43.9 Å². The summed E-state index contributed by atoms with van der Waals surface area (Å²) in [6.45, 7) is 10.1. The lowest BCUT2D eigenvalue weighted by atomic mass is 10.1. The number of imidazole rings is 1. The molecule has 7 heteroatoms. The van der Waals surface area contributed by atoms with Crippen LogP contribution in [0.5, 0.6) is 11.5 Å². The molecule has 3 aromatic rings. The maximum atomic E-state index is 13.7. The van der Waals surface area contributed by atoms with Gasteiger partial charge in [-0.2, -0.15) is 0 Å². The van der Waals surface area contributed by atoms with E-state index in [2.05, 4.69) is 37.5 Å². The van der Waals surface area contributed by atoms with Crippen LogP contribution in [0, 0.1) is 19.8 Å². The van der Waals surface area contributed by atoms with Crippen molar-refractivity contribution in [2.75, 3.05) is 20.8 Å². The Kier molecular flexibility index (Phi) is 8.61. The van der Waals surface area contributed by atoms with Gasteiger partial charge in [-0.15, -0.1) is 0 Å². The number of hydrogen-bond acceptors (Lipinski definition) is 4. The van der Waals surface area contributed by atoms with Crippen LogP contribution < -0.4 is 9.47 Å². The summed E-state index contributed by atoms with van der Waals surface area (Å²) < 4.78 is 12.9. The van der Waals surface area contributed by atoms with Crippen molar-refractivity contribution in [1.82, 2.24) is 14.5 Å². The van der Waals surface area contributed by atoms with E-state index >= 15 is 0 Å². The fraction of sp³-hybridized carbons (Fsp3) is 0.407. The SMILES string of the molecule is COc1ccc(C(=O)N(CCC(C)C)Cc2nc(C)c(C)n2Cc2ccccc2)c(Cl)c1OC. The summed E-state index contributed by atoms with van der Waals surface area (Å²) in [6.07, 6.45) is 0.869. The Labute approximate surface area is 207 Å². The van der Waals surface area contributed by atoms with Crippen molar-refractivity contribution in [3.8, 4) is 11.5 Å². The van der Waals surface area contributed by atoms with Crippen molar-refractivity contribution in [1.29, 1.82) is 0 Å². The number of carbonyl (C=O) groups excluding carboxylic acids is 1. The molecule has 0 spiro atoms. The van der Waals surface area contributed by atoms with Gasteiger partial charge in [0.2, 0.25) is 0 Å². The number of benzene rings is 2. The fourth-order valence-electron chi connectivity index (χ4n) is 3.88. The summed E-state index contributed by atoms with van der Waals surface area (Å²) in [5.74, 6) is 1.99. The molecule has 0 aliphatic heterocycles. The van der Waals surface area contributed by atoms with Crippen LogP contribution in [0.2, 0.25) is 5.02 Å². The molecule has 0 aliphatic carbocycles. The molecule has 1 amide bonds. The monoisotopic (exact) mass is 483 g/mol. The molecule has 1 aromatic heterocycles. The molecule has 3 rings (SSSR count). The number of halogens is 1. The topological polar surface area (TPSA) is 56.6 Å². The van der Waals surface area contributed by atoms with Crippen molar-refractivity contribution in [2.45, 2.75) is 47.2 Å². The van der Waals surface area contributed by atoms with E-state index in [9.17, 15) is 4.79 Å². The highest BCUT2D eigenvalue weighted by Gasteiger charge is 2.25. The van der Waals surface area contributed by atoms with Gasteiger partial charge in [-0.25, -0.2) is 4.98 Å². The zero-order chi connectivity index (χ0) is 24.8. The first-order chi connectivity index (χ1) is 16.3. The fourth-order valence-corrected chi connectivity index (χ4v) is 4.20. The van der Waals surface area contributed by atoms with Crippen molar-refractivity contribution in [2.24, 2.45) is 5.92 Å². The second-order valence-electron chi connectivity index (χ2n) is 8.84. The Bertz CT molecular complexity index is 1130. The molecule has 6 nitrogen and oxygen atoms in total. The first-order valence-corrected chi connectivity index (χ1v) is 11.9. The smallest absolute Gasteiger partial charge is 0.255 e. The molecule has 0 bridgehead atoms. The lowest BCUT2D eigenvalue weighted by molar-refractivity contribution is 0.0729. The highest BCUT2D eigenvalue weighted by molar-refractivity contribution is 6.35. The van der Waals surface area contributed by atoms with Crippen LogP contribution in [0.4, 0.5) is 0 Å². The minimum atomic E-state index is -0.156. The van der Waals surface area contributed by atoms with Crippen LogP contribution in [0.15, 0.2) is 42.5 Å². The molecule has 0 unspecified atom stereocenters. The molecule has 0 aliphatic rings. The molecule has 0 radical (unpaired) electrons. The average Bonchev–Trinajstić information content (AvgIpc) is 3.08. The third kappa shape index (κ3) is 5.73. The van der Waals surface area contributed by atoms with Gasteiger partial charge in [0.05, 0.1) is 37.0 Å². The van der Waals surface area contributed by atoms with Gasteiger partial charge in [0, 0.05) is 18.8 Å². The zero-order valence-corrected chi connectivity index (χ0v) is 21.6. The molecule has 1 heterocycles. The number of aromatic nitrogens is 2. The number of amides is 1. The van der Waals surface area contributed by atoms with E-state index < -0.39 is 0 Å². The molecule has 0 atom stereocenters. The molecule has 34 heavy (non-hydrogen) atoms. The van der Waals surface area contributed by atoms with Gasteiger partial charge in [0.15, 0.2) is 11.5 Å². The van der Waals surface area contributed by atoms with Gasteiger partial charge < -0.3 is 18.9 Å². The normalized spacial score (nSPS) is 11.1. The number of carbonyl (C=O) groups is 1. The molecule has 0 saturated carbocycles. The zero-order valence-electron chi connectivity index (χ0n) is 20.9. The standard InChI is InChI=1S/C27H34ClN3O3/c1-18(2)14-15-30(27(32)22-12-13-23(33-5)26(34-6)25(22)28)17-24-29-19(3)20(4)31(24)16-21-10-8-7-9-11-21/h7-13,18H,14-17H2,1-6H3. The number of aryl methyl sites for hydroxylation is 1. The van der Waals surface area contributed by atoms with Crippen molar-refractivity contribution < 1.29 is 14.3 Å². The first kappa shape index (κ1) is 25.6. The van der Waals surface area contributed by atoms with Crippen molar-refractivity contribution >= 4 is 17.5 Å². The van der Waals surface area contributed by atoms with Crippen molar-refractivity contribution in [3.05, 3.63) is 75.8 Å². The molecular formula is C27H34ClN3O3. The third-order valence-corrected chi connectivity index (χ3v) is 6.41. The highest BCUT2D eigenvalue weighted by atomic mass is 35.5. The maximum Gasteiger partial charge on any atom is 0.255 e. The largest absolute Gasteiger partial charge is 0.493 e. The molecular weight excluding hydrogens is 450 g/mol. The third-order valence-electron chi connectivity index (χ3n) is 6.03. The van der Waals surface area contributed by atoms with Crippen LogP contribution in [-0.4, -0.2) is 41.1 Å². The Morgan fingerprint density at radius 3 is 2.41 bits per heavy atom. The number of nitrogens with zero attached hydrogens (tertiary/aromatic N) is 3. The molecule has 0 N–H and O–H groups in total. The number of rotatable bonds is 10. The van der Waals surface area contributed by atoms with E-state index in [-0.39, 0.29) is 10.9 Å². The summed E-state index contributed by atoms with van der Waals surface area (Å²) in [4.78, 5) is 20.4. The number of hydrogen-bond donors (Lipinski definition) is 0. The van der Waals surface area contributed by atoms with Crippen LogP contribution in [0.25, 0.3) is 0 Å². The van der Waals surface area contributed by atoms with Crippen LogP contribution >= 0.6 is 11.6 Å². The first-order valence-electron chi connectivity index (χ1n) is 11.5. The predicted octanol–water partition coefficient (Wildman–Crippen LogP) is 5.91. The Hall–Kier alpha value is -2.99. The second kappa shape index (κ2) is 11.4. The summed E-state index contributed by atoms with van der Waals surface area (Å²) >= 11 is 6.59. The second-order valence-corrected chi connectivity index (χ2v) is 9.22. The van der Waals surface area contributed by atoms with E-state index in [4.69, 9.17) is 26.1 Å². The molecule has 0 saturated heterocycles. The summed E-state index contributed by atoms with van der Waals surface area (Å²) in [7, 11) is 3.06. The Morgan fingerprint density at radius 1 is 1.09 bits per heavy atom. The number of methoxy groups -OCH3 is 2. The molecule has 182 valence electrons. The molecule has 0 fully saturated rings. The highest BCUT2D eigenvalue weighted by Crippen LogP contribution is 2.38. The van der Waals surface area contributed by atoms with Gasteiger partial charge in [-0.3, -0.25) is 4.79 Å². The van der Waals surface area contributed by atoms with Gasteiger partial charge in [0.25, 0.3) is 5.91 Å². The van der Waals surface area contributed by atoms with E-state index in [1.54, 1.807) is 19.2 Å². The van der Waals surface area contributed by atoms with Crippen LogP contribution in [0.1, 0.15) is 53.4 Å². The minimum Gasteiger partial charge on any atom is -0.493 e.